The van der Waals surface area contributed by atoms with Crippen molar-refractivity contribution in [3.63, 3.8) is 0 Å². The molecule has 0 unspecified atom stereocenters. The largest absolute Gasteiger partial charge is 0.457 e. The van der Waals surface area contributed by atoms with Crippen LogP contribution in [0.1, 0.15) is 0 Å². The summed E-state index contributed by atoms with van der Waals surface area (Å²) < 4.78 is 157. The molecule has 84 heavy (non-hydrogen) atoms. The average Bonchev–Trinajstić information content (AvgIpc) is 3.85. The van der Waals surface area contributed by atoms with E-state index in [-0.39, 0.29) is 100.0 Å². The molecule has 0 atom stereocenters. The van der Waals surface area contributed by atoms with Crippen LogP contribution in [0.5, 0.6) is 46.0 Å². The highest BCUT2D eigenvalue weighted by molar-refractivity contribution is 7.86. The molecule has 5 heterocycles. The molecule has 8 bridgehead atoms. The zero-order chi connectivity index (χ0) is 58.5. The monoisotopic (exact) mass is 1200 g/mol. The second-order valence-electron chi connectivity index (χ2n) is 18.6. The first-order chi connectivity index (χ1) is 40.0. The van der Waals surface area contributed by atoms with Gasteiger partial charge in [-0.3, -0.25) is 18.2 Å². The van der Waals surface area contributed by atoms with Crippen molar-refractivity contribution in [2.75, 3.05) is 0 Å². The number of aromatic nitrogens is 8. The lowest BCUT2D eigenvalue weighted by atomic mass is 10.1. The molecule has 2 aliphatic rings. The number of H-pyrrole nitrogens is 2. The van der Waals surface area contributed by atoms with Crippen LogP contribution in [0.3, 0.4) is 0 Å². The van der Waals surface area contributed by atoms with Crippen LogP contribution < -0.4 is 18.9 Å². The molecule has 2 aliphatic heterocycles. The Kier molecular flexibility index (Phi) is 12.6. The second kappa shape index (κ2) is 19.9. The van der Waals surface area contributed by atoms with Gasteiger partial charge in [0, 0.05) is 43.8 Å². The van der Waals surface area contributed by atoms with Gasteiger partial charge in [0.05, 0.1) is 19.6 Å². The van der Waals surface area contributed by atoms with Crippen LogP contribution in [0.15, 0.2) is 189 Å². The van der Waals surface area contributed by atoms with E-state index in [2.05, 4.69) is 9.97 Å². The van der Waals surface area contributed by atoms with Crippen molar-refractivity contribution in [3.05, 3.63) is 170 Å². The van der Waals surface area contributed by atoms with Crippen molar-refractivity contribution in [1.82, 2.24) is 39.9 Å². The zero-order valence-electron chi connectivity index (χ0n) is 42.2. The Balaban J connectivity index is 1.03. The van der Waals surface area contributed by atoms with Gasteiger partial charge in [-0.15, -0.1) is 0 Å². The van der Waals surface area contributed by atoms with Gasteiger partial charge in [0.25, 0.3) is 40.5 Å². The van der Waals surface area contributed by atoms with Crippen LogP contribution in [-0.2, 0) is 40.5 Å². The summed E-state index contributed by atoms with van der Waals surface area (Å²) in [6.07, 6.45) is 0. The predicted molar refractivity (Wildman–Crippen MR) is 301 cm³/mol. The molecule has 24 nitrogen and oxygen atoms in total. The normalized spacial score (nSPS) is 12.4. The standard InChI is InChI=1S/C56H34N8O16S4/c65-81(66,67)37-13-1-29(2-14-37)77-33-9-21-41-45(25-33)53-57-49(41)62-54-47-27-35(79-31-5-17-39(18-6-31)83(71,72)73)11-23-43(47)51(59-54)64-56-48-28-36(80-32-7-19-40(20-8-32)84(74,75)76)12-24-44(48)52(60-56)63-55-46-26-34(10-22-42(46)50(58-55)61-53)78-30-3-15-38(16-4-30)82(68,69)70/h1-28H,(H,65,66,67)(H,68,69,70)(H,71,72,73)(H,74,75,76)(H2,57,58,59,60,61,62,63,64). The number of hydrogen-bond donors (Lipinski definition) is 6. The third-order valence-corrected chi connectivity index (χ3v) is 16.6. The van der Waals surface area contributed by atoms with Gasteiger partial charge in [-0.1, -0.05) is 0 Å². The predicted octanol–water partition coefficient (Wildman–Crippen LogP) is 11.0. The number of benzene rings is 8. The smallest absolute Gasteiger partial charge is 0.294 e. The topological polar surface area (TPSA) is 363 Å². The first kappa shape index (κ1) is 53.3. The first-order valence-electron chi connectivity index (χ1n) is 24.4. The van der Waals surface area contributed by atoms with E-state index in [1.807, 2.05) is 0 Å². The molecule has 3 aromatic heterocycles. The minimum Gasteiger partial charge on any atom is -0.457 e. The van der Waals surface area contributed by atoms with E-state index in [9.17, 15) is 51.9 Å². The Bertz CT molecular complexity index is 4920. The molecule has 0 spiro atoms. The van der Waals surface area contributed by atoms with Gasteiger partial charge in [0.2, 0.25) is 0 Å². The van der Waals surface area contributed by atoms with Crippen LogP contribution in [0.25, 0.3) is 89.7 Å². The number of ether oxygens (including phenoxy) is 4. The Morgan fingerprint density at radius 2 is 0.500 bits per heavy atom. The molecule has 28 heteroatoms. The summed E-state index contributed by atoms with van der Waals surface area (Å²) in [4.78, 5) is 35.7. The molecule has 0 saturated carbocycles. The zero-order valence-corrected chi connectivity index (χ0v) is 45.4. The van der Waals surface area contributed by atoms with Gasteiger partial charge in [-0.05, 0) is 170 Å². The molecule has 0 saturated heterocycles. The van der Waals surface area contributed by atoms with Gasteiger partial charge >= 0.3 is 0 Å². The molecule has 0 aliphatic carbocycles. The van der Waals surface area contributed by atoms with Crippen molar-refractivity contribution >= 4 is 84.6 Å². The lowest BCUT2D eigenvalue weighted by molar-refractivity contribution is 0.476. The molecule has 11 aromatic rings. The summed E-state index contributed by atoms with van der Waals surface area (Å²) in [5.74, 6) is 2.73. The van der Waals surface area contributed by atoms with E-state index < -0.39 is 40.5 Å². The van der Waals surface area contributed by atoms with Crippen LogP contribution in [0.2, 0.25) is 0 Å². The van der Waals surface area contributed by atoms with Crippen LogP contribution in [-0.4, -0.2) is 91.8 Å². The third-order valence-electron chi connectivity index (χ3n) is 13.1. The average molecular weight is 1200 g/mol. The second-order valence-corrected chi connectivity index (χ2v) is 24.3. The minimum absolute atomic E-state index is 0.148. The van der Waals surface area contributed by atoms with Crippen LogP contribution >= 0.6 is 0 Å². The Labute approximate surface area is 473 Å². The summed E-state index contributed by atoms with van der Waals surface area (Å²) in [5, 5.41) is 1.98. The van der Waals surface area contributed by atoms with Crippen LogP contribution in [0, 0.1) is 0 Å². The van der Waals surface area contributed by atoms with Crippen molar-refractivity contribution in [2.24, 2.45) is 0 Å². The fourth-order valence-electron chi connectivity index (χ4n) is 9.23. The number of aromatic amines is 2. The number of fused-ring (bicyclic) bond motifs is 20. The van der Waals surface area contributed by atoms with E-state index in [1.165, 1.54) is 97.1 Å². The van der Waals surface area contributed by atoms with E-state index >= 15 is 0 Å². The quantitative estimate of drug-likeness (QED) is 0.0619. The van der Waals surface area contributed by atoms with Crippen molar-refractivity contribution in [1.29, 1.82) is 0 Å². The molecule has 0 radical (unpaired) electrons. The maximum Gasteiger partial charge on any atom is 0.294 e. The molecule has 8 aromatic carbocycles. The van der Waals surface area contributed by atoms with Crippen molar-refractivity contribution < 1.29 is 70.8 Å². The van der Waals surface area contributed by atoms with E-state index in [4.69, 9.17) is 48.9 Å². The Morgan fingerprint density at radius 3 is 0.786 bits per heavy atom. The highest BCUT2D eigenvalue weighted by Gasteiger charge is 2.25. The fraction of sp³-hybridized carbons (Fsp3) is 0. The van der Waals surface area contributed by atoms with Gasteiger partial charge in [0.15, 0.2) is 23.3 Å². The first-order valence-corrected chi connectivity index (χ1v) is 30.2. The van der Waals surface area contributed by atoms with Gasteiger partial charge in [0.1, 0.15) is 68.6 Å². The Morgan fingerprint density at radius 1 is 0.262 bits per heavy atom. The molecule has 418 valence electrons. The maximum absolute atomic E-state index is 11.8. The van der Waals surface area contributed by atoms with Gasteiger partial charge in [-0.2, -0.15) is 33.7 Å². The van der Waals surface area contributed by atoms with Crippen molar-refractivity contribution in [3.8, 4) is 91.5 Å². The molecule has 0 fully saturated rings. The molecule has 13 rings (SSSR count). The lowest BCUT2D eigenvalue weighted by Crippen LogP contribution is -1.97. The fourth-order valence-corrected chi connectivity index (χ4v) is 11.1. The SMILES string of the molecule is O=S(=O)(O)c1ccc(Oc2ccc3c(c2)-c2nc-3nc3[nH]c(nc4nc(nc5[nH]c(n2)c2ccc(Oc6ccc(S(=O)(=O)O)cc6)cc52)-c2ccc(Oc5ccc(S(=O)(=O)O)cc5)cc2-4)c2ccc(Oc4ccc(S(=O)(=O)O)cc4)cc32)cc1. The van der Waals surface area contributed by atoms with Crippen molar-refractivity contribution in [2.45, 2.75) is 19.6 Å². The summed E-state index contributed by atoms with van der Waals surface area (Å²) in [6, 6.07) is 40.7. The summed E-state index contributed by atoms with van der Waals surface area (Å²) in [5.41, 5.74) is 2.85. The summed E-state index contributed by atoms with van der Waals surface area (Å²) >= 11 is 0. The molecule has 0 amide bonds. The van der Waals surface area contributed by atoms with Crippen LogP contribution in [0.4, 0.5) is 0 Å². The summed E-state index contributed by atoms with van der Waals surface area (Å²) in [7, 11) is -17.9. The molecule has 6 N–H and O–H groups in total. The molecular weight excluding hydrogens is 1170 g/mol. The molecular formula is C56H34N8O16S4. The van der Waals surface area contributed by atoms with Gasteiger partial charge in [-0.25, -0.2) is 29.9 Å². The van der Waals surface area contributed by atoms with Gasteiger partial charge < -0.3 is 28.9 Å². The highest BCUT2D eigenvalue weighted by atomic mass is 32.2. The van der Waals surface area contributed by atoms with E-state index in [0.29, 0.717) is 55.3 Å². The van der Waals surface area contributed by atoms with E-state index in [0.717, 1.165) is 0 Å². The number of nitrogens with one attached hydrogen (secondary N) is 2. The number of hydrogen-bond acceptors (Lipinski definition) is 18. The Hall–Kier alpha value is -10.0. The lowest BCUT2D eigenvalue weighted by Gasteiger charge is -2.08. The third kappa shape index (κ3) is 10.5. The minimum atomic E-state index is -4.49. The maximum atomic E-state index is 11.8. The van der Waals surface area contributed by atoms with E-state index in [1.54, 1.807) is 72.8 Å². The highest BCUT2D eigenvalue weighted by Crippen LogP contribution is 2.42. The number of rotatable bonds is 12. The summed E-state index contributed by atoms with van der Waals surface area (Å²) in [6.45, 7) is 0. The number of nitrogens with zero attached hydrogens (tertiary/aromatic N) is 6.